The Kier molecular flexibility index (Phi) is 5.03. The molecule has 0 fully saturated rings. The number of nitrogens with zero attached hydrogens (tertiary/aromatic N) is 1. The van der Waals surface area contributed by atoms with Crippen LogP contribution in [-0.2, 0) is 9.53 Å². The van der Waals surface area contributed by atoms with Crippen LogP contribution >= 0.6 is 0 Å². The Labute approximate surface area is 155 Å². The third kappa shape index (κ3) is 3.44. The summed E-state index contributed by atoms with van der Waals surface area (Å²) >= 11 is 0. The highest BCUT2D eigenvalue weighted by Crippen LogP contribution is 2.31. The van der Waals surface area contributed by atoms with Crippen molar-refractivity contribution >= 4 is 29.4 Å². The van der Waals surface area contributed by atoms with E-state index in [0.29, 0.717) is 12.2 Å². The number of ether oxygens (including phenoxy) is 1. The van der Waals surface area contributed by atoms with Crippen molar-refractivity contribution in [2.45, 2.75) is 13.8 Å². The Bertz CT molecular complexity index is 951. The van der Waals surface area contributed by atoms with Crippen LogP contribution in [0.2, 0.25) is 0 Å². The number of esters is 1. The first-order valence-corrected chi connectivity index (χ1v) is 8.46. The lowest BCUT2D eigenvalue weighted by Gasteiger charge is -2.16. The summed E-state index contributed by atoms with van der Waals surface area (Å²) in [5.41, 5.74) is 1.75. The molecule has 7 heteroatoms. The summed E-state index contributed by atoms with van der Waals surface area (Å²) in [6, 6.07) is 11.2. The van der Waals surface area contributed by atoms with E-state index in [1.54, 1.807) is 19.1 Å². The minimum atomic E-state index is -0.737. The maximum Gasteiger partial charge on any atom is 0.338 e. The Morgan fingerprint density at radius 1 is 1.04 bits per heavy atom. The Hall–Kier alpha value is -3.48. The molecule has 27 heavy (non-hydrogen) atoms. The molecule has 1 heterocycles. The van der Waals surface area contributed by atoms with Gasteiger partial charge in [-0.3, -0.25) is 14.4 Å². The summed E-state index contributed by atoms with van der Waals surface area (Å²) < 4.78 is 4.93. The Morgan fingerprint density at radius 2 is 1.74 bits per heavy atom. The molecule has 0 unspecified atom stereocenters. The van der Waals surface area contributed by atoms with E-state index in [1.807, 2.05) is 19.1 Å². The zero-order valence-corrected chi connectivity index (χ0v) is 14.9. The van der Waals surface area contributed by atoms with Gasteiger partial charge in [-0.05, 0) is 43.7 Å². The number of nitrogens with one attached hydrogen (secondary N) is 1. The number of para-hydroxylation sites is 1. The lowest BCUT2D eigenvalue weighted by atomic mass is 10.1. The second-order valence-electron chi connectivity index (χ2n) is 6.02. The largest absolute Gasteiger partial charge is 0.452 e. The number of aryl methyl sites for hydroxylation is 1. The minimum Gasteiger partial charge on any atom is -0.452 e. The van der Waals surface area contributed by atoms with E-state index in [1.165, 1.54) is 18.2 Å². The van der Waals surface area contributed by atoms with E-state index in [4.69, 9.17) is 4.74 Å². The predicted octanol–water partition coefficient (Wildman–Crippen LogP) is 2.09. The topological polar surface area (TPSA) is 92.8 Å². The van der Waals surface area contributed by atoms with Crippen molar-refractivity contribution in [2.75, 3.05) is 18.1 Å². The lowest BCUT2D eigenvalue weighted by molar-refractivity contribution is -0.124. The first-order chi connectivity index (χ1) is 12.9. The van der Waals surface area contributed by atoms with Gasteiger partial charge in [-0.25, -0.2) is 9.69 Å². The number of amides is 3. The van der Waals surface area contributed by atoms with Crippen molar-refractivity contribution in [2.24, 2.45) is 0 Å². The zero-order valence-electron chi connectivity index (χ0n) is 14.9. The van der Waals surface area contributed by atoms with Gasteiger partial charge in [0.05, 0.1) is 22.4 Å². The molecule has 3 amide bonds. The summed E-state index contributed by atoms with van der Waals surface area (Å²) in [5, 5.41) is 2.51. The van der Waals surface area contributed by atoms with Gasteiger partial charge in [-0.15, -0.1) is 0 Å². The number of anilines is 1. The number of carbonyl (C=O) groups excluding carboxylic acids is 4. The normalized spacial score (nSPS) is 12.7. The molecule has 0 radical (unpaired) electrons. The van der Waals surface area contributed by atoms with Crippen molar-refractivity contribution < 1.29 is 23.9 Å². The molecule has 0 aliphatic carbocycles. The van der Waals surface area contributed by atoms with Crippen molar-refractivity contribution in [3.8, 4) is 0 Å². The maximum atomic E-state index is 12.8. The van der Waals surface area contributed by atoms with Gasteiger partial charge in [0.2, 0.25) is 0 Å². The maximum absolute atomic E-state index is 12.8. The van der Waals surface area contributed by atoms with Crippen LogP contribution in [-0.4, -0.2) is 36.8 Å². The number of benzene rings is 2. The fourth-order valence-electron chi connectivity index (χ4n) is 2.86. The van der Waals surface area contributed by atoms with Crippen LogP contribution in [0.1, 0.15) is 43.6 Å². The fourth-order valence-corrected chi connectivity index (χ4v) is 2.86. The zero-order chi connectivity index (χ0) is 19.6. The molecule has 0 saturated heterocycles. The smallest absolute Gasteiger partial charge is 0.338 e. The number of hydrogen-bond donors (Lipinski definition) is 1. The molecule has 2 aromatic rings. The van der Waals surface area contributed by atoms with Gasteiger partial charge < -0.3 is 10.1 Å². The van der Waals surface area contributed by atoms with Gasteiger partial charge in [-0.1, -0.05) is 18.2 Å². The average Bonchev–Trinajstić information content (AvgIpc) is 2.91. The average molecular weight is 366 g/mol. The van der Waals surface area contributed by atoms with Crippen LogP contribution in [0.25, 0.3) is 0 Å². The van der Waals surface area contributed by atoms with Crippen LogP contribution in [0.4, 0.5) is 5.69 Å². The molecule has 0 aromatic heterocycles. The molecule has 1 N–H and O–H groups in total. The van der Waals surface area contributed by atoms with E-state index >= 15 is 0 Å². The van der Waals surface area contributed by atoms with Crippen LogP contribution in [0.5, 0.6) is 0 Å². The Balaban J connectivity index is 1.84. The molecular formula is C20H18N2O5. The highest BCUT2D eigenvalue weighted by Gasteiger charge is 2.37. The second kappa shape index (κ2) is 7.41. The molecule has 3 rings (SSSR count). The summed E-state index contributed by atoms with van der Waals surface area (Å²) in [5.74, 6) is -2.09. The van der Waals surface area contributed by atoms with E-state index in [9.17, 15) is 19.2 Å². The number of likely N-dealkylation sites (N-methyl/N-ethyl adjacent to an activating group) is 1. The number of rotatable bonds is 5. The minimum absolute atomic E-state index is 0.103. The van der Waals surface area contributed by atoms with E-state index in [-0.39, 0.29) is 16.7 Å². The molecule has 0 saturated carbocycles. The lowest BCUT2D eigenvalue weighted by Crippen LogP contribution is -2.30. The highest BCUT2D eigenvalue weighted by atomic mass is 16.5. The van der Waals surface area contributed by atoms with Gasteiger partial charge in [0.1, 0.15) is 0 Å². The summed E-state index contributed by atoms with van der Waals surface area (Å²) in [6.45, 7) is 3.58. The first-order valence-electron chi connectivity index (χ1n) is 8.46. The van der Waals surface area contributed by atoms with Gasteiger partial charge in [-0.2, -0.15) is 0 Å². The quantitative estimate of drug-likeness (QED) is 0.646. The van der Waals surface area contributed by atoms with Crippen LogP contribution < -0.4 is 10.2 Å². The second-order valence-corrected chi connectivity index (χ2v) is 6.02. The van der Waals surface area contributed by atoms with Crippen molar-refractivity contribution in [1.82, 2.24) is 5.32 Å². The number of imide groups is 1. The van der Waals surface area contributed by atoms with E-state index in [0.717, 1.165) is 10.5 Å². The summed E-state index contributed by atoms with van der Waals surface area (Å²) in [4.78, 5) is 50.1. The highest BCUT2D eigenvalue weighted by molar-refractivity contribution is 6.34. The van der Waals surface area contributed by atoms with Crippen molar-refractivity contribution in [1.29, 1.82) is 0 Å². The SMILES string of the molecule is CCNC(=O)COC(=O)c1ccc2c(c1)C(=O)N(c1ccccc1C)C2=O. The third-order valence-corrected chi connectivity index (χ3v) is 4.19. The first kappa shape index (κ1) is 18.3. The van der Waals surface area contributed by atoms with Gasteiger partial charge >= 0.3 is 5.97 Å². The molecular weight excluding hydrogens is 348 g/mol. The van der Waals surface area contributed by atoms with Crippen molar-refractivity contribution in [3.63, 3.8) is 0 Å². The van der Waals surface area contributed by atoms with Gasteiger partial charge in [0.25, 0.3) is 17.7 Å². The molecule has 7 nitrogen and oxygen atoms in total. The molecule has 138 valence electrons. The molecule has 0 spiro atoms. The predicted molar refractivity (Wildman–Crippen MR) is 97.7 cm³/mol. The third-order valence-electron chi connectivity index (χ3n) is 4.19. The number of hydrogen-bond acceptors (Lipinski definition) is 5. The molecule has 0 atom stereocenters. The standard InChI is InChI=1S/C20H18N2O5/c1-3-21-17(23)11-27-20(26)13-8-9-14-15(10-13)19(25)22(18(14)24)16-7-5-4-6-12(16)2/h4-10H,3,11H2,1-2H3,(H,21,23). The number of fused-ring (bicyclic) bond motifs is 1. The Morgan fingerprint density at radius 3 is 2.44 bits per heavy atom. The summed E-state index contributed by atoms with van der Waals surface area (Å²) in [6.07, 6.45) is 0. The van der Waals surface area contributed by atoms with E-state index in [2.05, 4.69) is 5.32 Å². The molecule has 1 aliphatic rings. The number of carbonyl (C=O) groups is 4. The van der Waals surface area contributed by atoms with Gasteiger partial charge in [0.15, 0.2) is 6.61 Å². The van der Waals surface area contributed by atoms with Crippen LogP contribution in [0.3, 0.4) is 0 Å². The molecule has 0 bridgehead atoms. The molecule has 2 aromatic carbocycles. The fraction of sp³-hybridized carbons (Fsp3) is 0.200. The van der Waals surface area contributed by atoms with E-state index < -0.39 is 30.3 Å². The van der Waals surface area contributed by atoms with Crippen LogP contribution in [0, 0.1) is 6.92 Å². The van der Waals surface area contributed by atoms with Gasteiger partial charge in [0, 0.05) is 6.54 Å². The molecule has 1 aliphatic heterocycles. The monoisotopic (exact) mass is 366 g/mol. The van der Waals surface area contributed by atoms with Crippen LogP contribution in [0.15, 0.2) is 42.5 Å². The van der Waals surface area contributed by atoms with Crippen molar-refractivity contribution in [3.05, 3.63) is 64.7 Å². The summed E-state index contributed by atoms with van der Waals surface area (Å²) in [7, 11) is 0.